The van der Waals surface area contributed by atoms with E-state index in [1.165, 1.54) is 6.07 Å². The highest BCUT2D eigenvalue weighted by molar-refractivity contribution is 14.0. The van der Waals surface area contributed by atoms with Crippen molar-refractivity contribution in [2.45, 2.75) is 19.9 Å². The van der Waals surface area contributed by atoms with Crippen LogP contribution in [0.5, 0.6) is 0 Å². The lowest BCUT2D eigenvalue weighted by Gasteiger charge is -2.12. The summed E-state index contributed by atoms with van der Waals surface area (Å²) in [6, 6.07) is 10.2. The van der Waals surface area contributed by atoms with Gasteiger partial charge in [0.25, 0.3) is 0 Å². The number of guanidine groups is 1. The molecular weight excluding hydrogens is 448 g/mol. The van der Waals surface area contributed by atoms with Crippen LogP contribution < -0.4 is 16.0 Å². The number of aliphatic imine (C=N–C) groups is 1. The van der Waals surface area contributed by atoms with E-state index < -0.39 is 0 Å². The van der Waals surface area contributed by atoms with Crippen LogP contribution in [0.3, 0.4) is 0 Å². The third-order valence-electron chi connectivity index (χ3n) is 3.45. The lowest BCUT2D eigenvalue weighted by molar-refractivity contribution is -0.116. The van der Waals surface area contributed by atoms with Crippen LogP contribution in [0, 0.1) is 12.7 Å². The summed E-state index contributed by atoms with van der Waals surface area (Å²) in [6.45, 7) is 2.64. The molecule has 2 rings (SSSR count). The Labute approximate surface area is 169 Å². The van der Waals surface area contributed by atoms with Gasteiger partial charge >= 0.3 is 0 Å². The fourth-order valence-corrected chi connectivity index (χ4v) is 2.08. The smallest absolute Gasteiger partial charge is 0.227 e. The van der Waals surface area contributed by atoms with E-state index in [1.807, 2.05) is 13.0 Å². The van der Waals surface area contributed by atoms with Gasteiger partial charge in [0.15, 0.2) is 5.96 Å². The number of benzene rings is 1. The standard InChI is InChI=1S/C18H22FN5O.HI/c1-13-7-8-16(22-11-13)24-17(25)9-10-21-18(20-2)23-12-14-5-3-4-6-15(14)19;/h3-8,11H,9-10,12H2,1-2H3,(H2,20,21,23)(H,22,24,25);1H. The zero-order valence-corrected chi connectivity index (χ0v) is 17.1. The molecule has 0 atom stereocenters. The molecule has 0 unspecified atom stereocenters. The van der Waals surface area contributed by atoms with E-state index in [0.29, 0.717) is 30.4 Å². The molecule has 140 valence electrons. The van der Waals surface area contributed by atoms with Gasteiger partial charge < -0.3 is 16.0 Å². The van der Waals surface area contributed by atoms with Crippen molar-refractivity contribution in [2.24, 2.45) is 4.99 Å². The Morgan fingerprint density at radius 3 is 2.62 bits per heavy atom. The second-order valence-corrected chi connectivity index (χ2v) is 5.46. The fourth-order valence-electron chi connectivity index (χ4n) is 2.08. The second-order valence-electron chi connectivity index (χ2n) is 5.46. The van der Waals surface area contributed by atoms with Crippen LogP contribution in [0.25, 0.3) is 0 Å². The predicted molar refractivity (Wildman–Crippen MR) is 112 cm³/mol. The molecule has 0 aliphatic carbocycles. The van der Waals surface area contributed by atoms with E-state index in [4.69, 9.17) is 0 Å². The third kappa shape index (κ3) is 7.34. The minimum absolute atomic E-state index is 0. The first-order valence-corrected chi connectivity index (χ1v) is 7.99. The predicted octanol–water partition coefficient (Wildman–Crippen LogP) is 2.84. The first kappa shape index (κ1) is 21.8. The molecule has 1 heterocycles. The van der Waals surface area contributed by atoms with Crippen LogP contribution >= 0.6 is 24.0 Å². The number of hydrogen-bond acceptors (Lipinski definition) is 3. The summed E-state index contributed by atoms with van der Waals surface area (Å²) in [6.07, 6.45) is 1.96. The molecule has 0 bridgehead atoms. The van der Waals surface area contributed by atoms with E-state index in [2.05, 4.69) is 25.9 Å². The lowest BCUT2D eigenvalue weighted by Crippen LogP contribution is -2.38. The van der Waals surface area contributed by atoms with Crippen molar-refractivity contribution in [1.29, 1.82) is 0 Å². The highest BCUT2D eigenvalue weighted by atomic mass is 127. The van der Waals surface area contributed by atoms with Gasteiger partial charge in [0.05, 0.1) is 0 Å². The summed E-state index contributed by atoms with van der Waals surface area (Å²) in [5.41, 5.74) is 1.58. The van der Waals surface area contributed by atoms with Crippen molar-refractivity contribution >= 4 is 41.7 Å². The number of nitrogens with zero attached hydrogens (tertiary/aromatic N) is 2. The number of aryl methyl sites for hydroxylation is 1. The molecule has 8 heteroatoms. The van der Waals surface area contributed by atoms with Gasteiger partial charge in [-0.25, -0.2) is 9.37 Å². The molecule has 6 nitrogen and oxygen atoms in total. The molecule has 0 aliphatic heterocycles. The van der Waals surface area contributed by atoms with Crippen LogP contribution in [0.2, 0.25) is 0 Å². The summed E-state index contributed by atoms with van der Waals surface area (Å²) in [5, 5.41) is 8.76. The molecule has 0 aliphatic rings. The SMILES string of the molecule is CN=C(NCCC(=O)Nc1ccc(C)cn1)NCc1ccccc1F.I. The molecule has 1 amide bonds. The van der Waals surface area contributed by atoms with Crippen LogP contribution in [-0.2, 0) is 11.3 Å². The lowest BCUT2D eigenvalue weighted by atomic mass is 10.2. The van der Waals surface area contributed by atoms with Gasteiger partial charge in [-0.1, -0.05) is 24.3 Å². The monoisotopic (exact) mass is 471 g/mol. The van der Waals surface area contributed by atoms with E-state index in [9.17, 15) is 9.18 Å². The van der Waals surface area contributed by atoms with Gasteiger partial charge in [-0.3, -0.25) is 9.79 Å². The van der Waals surface area contributed by atoms with Crippen molar-refractivity contribution in [1.82, 2.24) is 15.6 Å². The minimum atomic E-state index is -0.268. The first-order chi connectivity index (χ1) is 12.1. The number of pyridine rings is 1. The molecule has 3 N–H and O–H groups in total. The molecule has 0 radical (unpaired) electrons. The van der Waals surface area contributed by atoms with E-state index in [-0.39, 0.29) is 42.1 Å². The Bertz CT molecular complexity index is 737. The van der Waals surface area contributed by atoms with E-state index in [1.54, 1.807) is 37.5 Å². The molecule has 0 spiro atoms. The first-order valence-electron chi connectivity index (χ1n) is 7.99. The van der Waals surface area contributed by atoms with Gasteiger partial charge in [-0.15, -0.1) is 24.0 Å². The summed E-state index contributed by atoms with van der Waals surface area (Å²) >= 11 is 0. The normalized spacial score (nSPS) is 10.7. The van der Waals surface area contributed by atoms with E-state index in [0.717, 1.165) is 5.56 Å². The van der Waals surface area contributed by atoms with Crippen LogP contribution in [0.4, 0.5) is 10.2 Å². The molecule has 0 fully saturated rings. The summed E-state index contributed by atoms with van der Waals surface area (Å²) < 4.78 is 13.6. The molecule has 1 aromatic heterocycles. The summed E-state index contributed by atoms with van der Waals surface area (Å²) in [7, 11) is 1.62. The number of amides is 1. The van der Waals surface area contributed by atoms with Gasteiger partial charge in [0.1, 0.15) is 11.6 Å². The maximum atomic E-state index is 13.6. The quantitative estimate of drug-likeness (QED) is 0.344. The second kappa shape index (κ2) is 11.4. The van der Waals surface area contributed by atoms with E-state index >= 15 is 0 Å². The maximum absolute atomic E-state index is 13.6. The zero-order valence-electron chi connectivity index (χ0n) is 14.8. The van der Waals surface area contributed by atoms with Crippen molar-refractivity contribution in [3.05, 3.63) is 59.5 Å². The topological polar surface area (TPSA) is 78.4 Å². The number of anilines is 1. The van der Waals surface area contributed by atoms with Crippen LogP contribution in [-0.4, -0.2) is 30.4 Å². The van der Waals surface area contributed by atoms with Crippen molar-refractivity contribution in [3.8, 4) is 0 Å². The highest BCUT2D eigenvalue weighted by Crippen LogP contribution is 2.05. The van der Waals surface area contributed by atoms with Crippen molar-refractivity contribution in [3.63, 3.8) is 0 Å². The number of rotatable bonds is 6. The largest absolute Gasteiger partial charge is 0.356 e. The molecule has 1 aromatic carbocycles. The summed E-state index contributed by atoms with van der Waals surface area (Å²) in [4.78, 5) is 20.1. The number of carbonyl (C=O) groups is 1. The van der Waals surface area contributed by atoms with Gasteiger partial charge in [0, 0.05) is 38.3 Å². The third-order valence-corrected chi connectivity index (χ3v) is 3.45. The number of hydrogen-bond donors (Lipinski definition) is 3. The number of carbonyl (C=O) groups excluding carboxylic acids is 1. The number of halogens is 2. The molecule has 0 saturated carbocycles. The Hall–Kier alpha value is -2.23. The van der Waals surface area contributed by atoms with Crippen LogP contribution in [0.1, 0.15) is 17.5 Å². The number of nitrogens with one attached hydrogen (secondary N) is 3. The Balaban J connectivity index is 0.00000338. The molecule has 26 heavy (non-hydrogen) atoms. The molecular formula is C18H23FIN5O. The zero-order chi connectivity index (χ0) is 18.1. The fraction of sp³-hybridized carbons (Fsp3) is 0.278. The highest BCUT2D eigenvalue weighted by Gasteiger charge is 2.05. The van der Waals surface area contributed by atoms with Crippen molar-refractivity contribution in [2.75, 3.05) is 18.9 Å². The van der Waals surface area contributed by atoms with Gasteiger partial charge in [-0.2, -0.15) is 0 Å². The van der Waals surface area contributed by atoms with Gasteiger partial charge in [0.2, 0.25) is 5.91 Å². The maximum Gasteiger partial charge on any atom is 0.227 e. The minimum Gasteiger partial charge on any atom is -0.356 e. The van der Waals surface area contributed by atoms with Crippen molar-refractivity contribution < 1.29 is 9.18 Å². The summed E-state index contributed by atoms with van der Waals surface area (Å²) in [5.74, 6) is 0.617. The van der Waals surface area contributed by atoms with Gasteiger partial charge in [-0.05, 0) is 24.6 Å². The Morgan fingerprint density at radius 1 is 1.19 bits per heavy atom. The Kier molecular flexibility index (Phi) is 9.56. The number of aromatic nitrogens is 1. The Morgan fingerprint density at radius 2 is 1.96 bits per heavy atom. The average molecular weight is 471 g/mol. The molecule has 0 saturated heterocycles. The molecule has 2 aromatic rings. The van der Waals surface area contributed by atoms with Crippen LogP contribution in [0.15, 0.2) is 47.6 Å². The average Bonchev–Trinajstić information content (AvgIpc) is 2.61.